The maximum Gasteiger partial charge on any atom is 0.305 e. The van der Waals surface area contributed by atoms with Crippen molar-refractivity contribution in [2.45, 2.75) is 14.7 Å². The van der Waals surface area contributed by atoms with Gasteiger partial charge in [-0.2, -0.15) is 30.4 Å². The lowest BCUT2D eigenvalue weighted by Crippen LogP contribution is -2.03. The van der Waals surface area contributed by atoms with E-state index in [0.29, 0.717) is 30.3 Å². The topological polar surface area (TPSA) is 404 Å². The Balaban J connectivity index is 1.72. The molecule has 0 spiro atoms. The molecule has 28 heteroatoms. The van der Waals surface area contributed by atoms with E-state index < -0.39 is 123 Å². The van der Waals surface area contributed by atoms with Crippen LogP contribution in [0.2, 0.25) is 0 Å². The van der Waals surface area contributed by atoms with Gasteiger partial charge in [-0.1, -0.05) is 0 Å². The number of nitro benzene ring substituents is 2. The smallest absolute Gasteiger partial charge is 0.305 e. The Hall–Kier alpha value is -7.11. The summed E-state index contributed by atoms with van der Waals surface area (Å²) in [6.45, 7) is 0. The average molecular weight is 835 g/mol. The van der Waals surface area contributed by atoms with Gasteiger partial charge in [-0.25, -0.2) is 0 Å². The lowest BCUT2D eigenvalue weighted by atomic mass is 10.1. The lowest BCUT2D eigenvalue weighted by Gasteiger charge is -2.12. The molecule has 0 amide bonds. The average Bonchev–Trinajstić information content (AvgIpc) is 3.09. The number of benzene rings is 5. The normalized spacial score (nSPS) is 12.6. The minimum Gasteiger partial charge on any atom is -0.505 e. The first kappa shape index (κ1) is 40.1. The van der Waals surface area contributed by atoms with Crippen LogP contribution in [-0.2, 0) is 30.4 Å². The molecule has 7 N–H and O–H groups in total. The van der Waals surface area contributed by atoms with Crippen molar-refractivity contribution in [3.05, 3.63) is 87.0 Å². The Morgan fingerprint density at radius 2 is 1.12 bits per heavy atom. The number of azo groups is 3. The van der Waals surface area contributed by atoms with Gasteiger partial charge < -0.3 is 20.4 Å². The van der Waals surface area contributed by atoms with Crippen LogP contribution in [0.4, 0.5) is 45.5 Å². The van der Waals surface area contributed by atoms with E-state index in [4.69, 9.17) is 0 Å². The summed E-state index contributed by atoms with van der Waals surface area (Å²) in [5, 5.41) is 85.5. The van der Waals surface area contributed by atoms with Crippen molar-refractivity contribution in [2.24, 2.45) is 30.7 Å². The summed E-state index contributed by atoms with van der Waals surface area (Å²) < 4.78 is 102. The van der Waals surface area contributed by atoms with Crippen molar-refractivity contribution in [3.8, 4) is 23.0 Å². The fraction of sp³-hybridized carbons (Fsp3) is 0. The number of phenolic OH excluding ortho intramolecular Hbond substituents is 4. The van der Waals surface area contributed by atoms with Crippen LogP contribution >= 0.6 is 0 Å². The first-order valence-corrected chi connectivity index (χ1v) is 18.6. The van der Waals surface area contributed by atoms with E-state index in [1.165, 1.54) is 0 Å². The minimum atomic E-state index is -5.43. The van der Waals surface area contributed by atoms with Gasteiger partial charge in [0.05, 0.1) is 31.5 Å². The maximum atomic E-state index is 12.4. The highest BCUT2D eigenvalue weighted by Crippen LogP contribution is 2.49. The number of rotatable bonds is 11. The van der Waals surface area contributed by atoms with Crippen molar-refractivity contribution >= 4 is 86.6 Å². The third-order valence-electron chi connectivity index (χ3n) is 7.18. The molecule has 290 valence electrons. The van der Waals surface area contributed by atoms with Crippen LogP contribution in [0.3, 0.4) is 0 Å². The second kappa shape index (κ2) is 14.6. The van der Waals surface area contributed by atoms with Crippen molar-refractivity contribution in [1.29, 1.82) is 0 Å². The predicted octanol–water partition coefficient (Wildman–Crippen LogP) is 6.46. The number of nitrogens with zero attached hydrogens (tertiary/aromatic N) is 8. The molecule has 0 radical (unpaired) electrons. The van der Waals surface area contributed by atoms with E-state index in [0.717, 1.165) is 36.4 Å². The summed E-state index contributed by atoms with van der Waals surface area (Å²) in [6.07, 6.45) is 0. The third-order valence-corrected chi connectivity index (χ3v) is 9.80. The van der Waals surface area contributed by atoms with E-state index in [1.807, 2.05) is 0 Å². The molecule has 0 aromatic heterocycles. The number of aromatic hydroxyl groups is 4. The summed E-state index contributed by atoms with van der Waals surface area (Å²) in [6, 6.07) is 9.13. The number of hydrogen-bond donors (Lipinski definition) is 7. The van der Waals surface area contributed by atoms with Gasteiger partial charge in [-0.15, -0.1) is 25.6 Å². The van der Waals surface area contributed by atoms with Gasteiger partial charge in [-0.05, 0) is 53.9 Å². The van der Waals surface area contributed by atoms with Gasteiger partial charge >= 0.3 is 10.1 Å². The molecule has 0 atom stereocenters. The molecule has 5 aromatic carbocycles. The molecule has 25 nitrogen and oxygen atoms in total. The second-order valence-electron chi connectivity index (χ2n) is 10.8. The summed E-state index contributed by atoms with van der Waals surface area (Å²) in [7, 11) is -15.9. The van der Waals surface area contributed by atoms with Crippen LogP contribution in [0.25, 0.3) is 10.8 Å². The van der Waals surface area contributed by atoms with Crippen LogP contribution in [0.15, 0.2) is 112 Å². The summed E-state index contributed by atoms with van der Waals surface area (Å²) in [5.41, 5.74) is -5.58. The zero-order valence-corrected chi connectivity index (χ0v) is 29.3. The molecule has 0 fully saturated rings. The molecule has 0 unspecified atom stereocenters. The molecule has 0 aliphatic carbocycles. The fourth-order valence-corrected chi connectivity index (χ4v) is 6.64. The maximum absolute atomic E-state index is 12.4. The molecule has 0 aliphatic heterocycles. The van der Waals surface area contributed by atoms with Crippen molar-refractivity contribution in [1.82, 2.24) is 0 Å². The fourth-order valence-electron chi connectivity index (χ4n) is 4.69. The largest absolute Gasteiger partial charge is 0.505 e. The number of fused-ring (bicyclic) bond motifs is 1. The van der Waals surface area contributed by atoms with Crippen LogP contribution in [0.5, 0.6) is 23.0 Å². The lowest BCUT2D eigenvalue weighted by molar-refractivity contribution is -0.388. The van der Waals surface area contributed by atoms with E-state index in [-0.39, 0.29) is 11.4 Å². The zero-order valence-electron chi connectivity index (χ0n) is 26.9. The van der Waals surface area contributed by atoms with Gasteiger partial charge in [0.1, 0.15) is 22.0 Å². The first-order valence-electron chi connectivity index (χ1n) is 14.3. The van der Waals surface area contributed by atoms with Crippen LogP contribution in [-0.4, -0.2) is 69.2 Å². The monoisotopic (exact) mass is 834 g/mol. The molecule has 5 rings (SSSR count). The van der Waals surface area contributed by atoms with Gasteiger partial charge in [0.25, 0.3) is 31.6 Å². The SMILES string of the molecule is O=[N+]([O-])c1ccc(N=Nc2c(S(=O)(=O)O)cc3cc(S(=O)(=O)O)cc(N=Nc4ccc(O)c(O)c4N=Nc4ccc([N+](=O)[O-])c(S(=O)(=O)O)c4O)c3c2O)cc1. The van der Waals surface area contributed by atoms with E-state index in [9.17, 15) is 79.6 Å². The molecule has 56 heavy (non-hydrogen) atoms. The van der Waals surface area contributed by atoms with Crippen LogP contribution in [0, 0.1) is 20.2 Å². The number of non-ortho nitro benzene ring substituents is 1. The highest BCUT2D eigenvalue weighted by atomic mass is 32.2. The van der Waals surface area contributed by atoms with Gasteiger partial charge in [-0.3, -0.25) is 33.9 Å². The Morgan fingerprint density at radius 1 is 0.536 bits per heavy atom. The van der Waals surface area contributed by atoms with Crippen LogP contribution < -0.4 is 0 Å². The van der Waals surface area contributed by atoms with Gasteiger partial charge in [0, 0.05) is 18.2 Å². The van der Waals surface area contributed by atoms with Crippen molar-refractivity contribution in [3.63, 3.8) is 0 Å². The third kappa shape index (κ3) is 8.18. The zero-order chi connectivity index (χ0) is 41.5. The molecule has 5 aromatic rings. The minimum absolute atomic E-state index is 0.108. The Bertz CT molecular complexity index is 2940. The highest BCUT2D eigenvalue weighted by molar-refractivity contribution is 7.86. The molecule has 0 bridgehead atoms. The molecule has 0 aliphatic rings. The molecule has 0 heterocycles. The Kier molecular flexibility index (Phi) is 10.5. The highest BCUT2D eigenvalue weighted by Gasteiger charge is 2.31. The standard InChI is InChI=1S/C28H18N8O17S3/c37-20-8-6-16(23(26(20)39)33-31-17-5-7-19(36(43)44)28(25(17)38)56(51,52)53)30-32-18-11-15(54(45,46)47)9-12-10-21(55(48,49)50)24(27(40)22(12)18)34-29-13-1-3-14(4-2-13)35(41)42/h1-11,37-40H,(H,45,46,47)(H,48,49,50)(H,51,52,53). The summed E-state index contributed by atoms with van der Waals surface area (Å²) >= 11 is 0. The Labute approximate surface area is 310 Å². The number of nitro groups is 2. The van der Waals surface area contributed by atoms with E-state index in [1.54, 1.807) is 0 Å². The van der Waals surface area contributed by atoms with E-state index in [2.05, 4.69) is 30.7 Å². The summed E-state index contributed by atoms with van der Waals surface area (Å²) in [4.78, 5) is 16.6. The quantitative estimate of drug-likeness (QED) is 0.0246. The van der Waals surface area contributed by atoms with Gasteiger partial charge in [0.2, 0.25) is 4.90 Å². The first-order chi connectivity index (χ1) is 26.0. The Morgan fingerprint density at radius 3 is 1.70 bits per heavy atom. The van der Waals surface area contributed by atoms with Gasteiger partial charge in [0.15, 0.2) is 28.7 Å². The predicted molar refractivity (Wildman–Crippen MR) is 185 cm³/mol. The number of phenols is 4. The molecule has 0 saturated carbocycles. The van der Waals surface area contributed by atoms with Crippen molar-refractivity contribution in [2.75, 3.05) is 0 Å². The van der Waals surface area contributed by atoms with Crippen molar-refractivity contribution < 1.29 is 69.2 Å². The van der Waals surface area contributed by atoms with Crippen LogP contribution in [0.1, 0.15) is 0 Å². The molecule has 0 saturated heterocycles. The summed E-state index contributed by atoms with van der Waals surface area (Å²) in [5.74, 6) is -4.55. The van der Waals surface area contributed by atoms with E-state index >= 15 is 0 Å². The number of hydrogen-bond acceptors (Lipinski definition) is 20. The second-order valence-corrected chi connectivity index (χ2v) is 14.9. The molecular formula is C28H18N8O17S3. The molecular weight excluding hydrogens is 817 g/mol.